The molecule has 6 rings (SSSR count). The van der Waals surface area contributed by atoms with Crippen molar-refractivity contribution >= 4 is 35.2 Å². The van der Waals surface area contributed by atoms with E-state index in [-0.39, 0.29) is 46.3 Å². The smallest absolute Gasteiger partial charge is 0.379 e. The molecular formula is C34H27NO8. The van der Waals surface area contributed by atoms with Gasteiger partial charge in [-0.15, -0.1) is 0 Å². The molecule has 0 bridgehead atoms. The summed E-state index contributed by atoms with van der Waals surface area (Å²) in [5, 5.41) is 0. The van der Waals surface area contributed by atoms with E-state index < -0.39 is 30.2 Å². The summed E-state index contributed by atoms with van der Waals surface area (Å²) in [6, 6.07) is 25.0. The summed E-state index contributed by atoms with van der Waals surface area (Å²) >= 11 is 0. The van der Waals surface area contributed by atoms with E-state index in [2.05, 4.69) is 12.1 Å². The van der Waals surface area contributed by atoms with Gasteiger partial charge in [-0.05, 0) is 85.3 Å². The molecule has 1 aliphatic carbocycles. The Morgan fingerprint density at radius 3 is 2.28 bits per heavy atom. The number of esters is 2. The number of benzene rings is 3. The van der Waals surface area contributed by atoms with Crippen molar-refractivity contribution in [2.24, 2.45) is 11.8 Å². The lowest BCUT2D eigenvalue weighted by Gasteiger charge is -2.28. The topological polar surface area (TPSA) is 120 Å². The summed E-state index contributed by atoms with van der Waals surface area (Å²) in [4.78, 5) is 65.4. The van der Waals surface area contributed by atoms with Gasteiger partial charge in [0.05, 0.1) is 29.3 Å². The molecule has 0 spiro atoms. The molecule has 2 amide bonds. The minimum Gasteiger partial charge on any atom is -0.457 e. The first-order chi connectivity index (χ1) is 20.9. The van der Waals surface area contributed by atoms with Crippen LogP contribution in [-0.4, -0.2) is 36.1 Å². The number of amides is 2. The number of carbonyl (C=O) groups is 5. The molecular weight excluding hydrogens is 550 g/mol. The Labute approximate surface area is 247 Å². The van der Waals surface area contributed by atoms with Crippen LogP contribution in [0.2, 0.25) is 0 Å². The minimum absolute atomic E-state index is 0.0460. The number of anilines is 1. The van der Waals surface area contributed by atoms with Crippen molar-refractivity contribution in [2.45, 2.75) is 25.2 Å². The highest BCUT2D eigenvalue weighted by molar-refractivity contribution is 6.22. The Bertz CT molecular complexity index is 1680. The Hall–Kier alpha value is -5.31. The Balaban J connectivity index is 1.07. The van der Waals surface area contributed by atoms with Crippen LogP contribution in [0.25, 0.3) is 0 Å². The second-order valence-electron chi connectivity index (χ2n) is 10.6. The molecule has 43 heavy (non-hydrogen) atoms. The van der Waals surface area contributed by atoms with Crippen molar-refractivity contribution < 1.29 is 37.9 Å². The van der Waals surface area contributed by atoms with Crippen LogP contribution in [0.4, 0.5) is 5.69 Å². The van der Waals surface area contributed by atoms with E-state index >= 15 is 0 Å². The Kier molecular flexibility index (Phi) is 7.70. The molecule has 0 radical (unpaired) electrons. The number of carbonyl (C=O) groups excluding carboxylic acids is 5. The Morgan fingerprint density at radius 1 is 0.767 bits per heavy atom. The molecule has 2 fully saturated rings. The van der Waals surface area contributed by atoms with Gasteiger partial charge in [0.1, 0.15) is 5.75 Å². The number of hydrogen-bond acceptors (Lipinski definition) is 8. The summed E-state index contributed by atoms with van der Waals surface area (Å²) in [6.07, 6.45) is 3.42. The van der Waals surface area contributed by atoms with Crippen LogP contribution in [-0.2, 0) is 14.3 Å². The third-order valence-corrected chi connectivity index (χ3v) is 7.98. The molecule has 1 saturated heterocycles. The van der Waals surface area contributed by atoms with Gasteiger partial charge in [0.2, 0.25) is 17.6 Å². The maximum Gasteiger partial charge on any atom is 0.379 e. The SMILES string of the molecule is O=C(COC(=O)c1cccc(N2C(=O)C3CCC(c4ccccc4)CC3C2=O)c1)c1ccc(OC(=O)c2ccco2)cc1. The molecule has 1 saturated carbocycles. The molecule has 3 aromatic carbocycles. The van der Waals surface area contributed by atoms with Crippen LogP contribution < -0.4 is 9.64 Å². The first kappa shape index (κ1) is 27.8. The first-order valence-electron chi connectivity index (χ1n) is 14.0. The van der Waals surface area contributed by atoms with Crippen molar-refractivity contribution in [3.63, 3.8) is 0 Å². The van der Waals surface area contributed by atoms with Gasteiger partial charge in [0.15, 0.2) is 12.4 Å². The number of rotatable bonds is 8. The average Bonchev–Trinajstić information content (AvgIpc) is 3.67. The first-order valence-corrected chi connectivity index (χ1v) is 14.0. The molecule has 2 heterocycles. The standard InChI is InChI=1S/C34H27NO8/c36-29(22-11-14-26(15-12-22)43-34(40)30-10-5-17-41-30)20-42-33(39)24-8-4-9-25(18-24)35-31(37)27-16-13-23(19-28(27)32(35)38)21-6-2-1-3-7-21/h1-12,14-15,17-18,23,27-28H,13,16,19-20H2. The predicted octanol–water partition coefficient (Wildman–Crippen LogP) is 5.61. The zero-order chi connectivity index (χ0) is 29.9. The van der Waals surface area contributed by atoms with Crippen molar-refractivity contribution in [3.8, 4) is 5.75 Å². The molecule has 1 aromatic heterocycles. The molecule has 9 nitrogen and oxygen atoms in total. The van der Waals surface area contributed by atoms with Crippen LogP contribution in [0, 0.1) is 11.8 Å². The van der Waals surface area contributed by atoms with E-state index in [4.69, 9.17) is 13.9 Å². The second kappa shape index (κ2) is 11.9. The number of Topliss-reactive ketones (excluding diaryl/α,β-unsaturated/α-hetero) is 1. The normalized spacial score (nSPS) is 19.5. The van der Waals surface area contributed by atoms with E-state index in [1.807, 2.05) is 18.2 Å². The van der Waals surface area contributed by atoms with Crippen LogP contribution in [0.3, 0.4) is 0 Å². The predicted molar refractivity (Wildman–Crippen MR) is 154 cm³/mol. The fraction of sp³-hybridized carbons (Fsp3) is 0.206. The lowest BCUT2D eigenvalue weighted by molar-refractivity contribution is -0.122. The number of fused-ring (bicyclic) bond motifs is 1. The number of ketones is 1. The molecule has 0 N–H and O–H groups in total. The van der Waals surface area contributed by atoms with Gasteiger partial charge in [0, 0.05) is 5.56 Å². The average molecular weight is 578 g/mol. The summed E-state index contributed by atoms with van der Waals surface area (Å²) < 4.78 is 15.4. The zero-order valence-electron chi connectivity index (χ0n) is 23.0. The highest BCUT2D eigenvalue weighted by Gasteiger charge is 2.50. The van der Waals surface area contributed by atoms with Gasteiger partial charge in [-0.1, -0.05) is 36.4 Å². The molecule has 216 valence electrons. The number of imide groups is 1. The van der Waals surface area contributed by atoms with Crippen LogP contribution in [0.1, 0.15) is 62.0 Å². The lowest BCUT2D eigenvalue weighted by atomic mass is 9.73. The molecule has 9 heteroatoms. The van der Waals surface area contributed by atoms with Crippen molar-refractivity contribution in [1.29, 1.82) is 0 Å². The van der Waals surface area contributed by atoms with E-state index in [1.54, 1.807) is 18.2 Å². The summed E-state index contributed by atoms with van der Waals surface area (Å²) in [6.45, 7) is -0.527. The van der Waals surface area contributed by atoms with Crippen LogP contribution in [0.5, 0.6) is 5.75 Å². The zero-order valence-corrected chi connectivity index (χ0v) is 23.0. The van der Waals surface area contributed by atoms with Crippen molar-refractivity contribution in [2.75, 3.05) is 11.5 Å². The summed E-state index contributed by atoms with van der Waals surface area (Å²) in [5.74, 6) is -2.71. The fourth-order valence-electron chi connectivity index (χ4n) is 5.79. The Morgan fingerprint density at radius 2 is 1.53 bits per heavy atom. The molecule has 4 aromatic rings. The van der Waals surface area contributed by atoms with E-state index in [0.29, 0.717) is 18.5 Å². The number of hydrogen-bond donors (Lipinski definition) is 0. The minimum atomic E-state index is -0.764. The van der Waals surface area contributed by atoms with E-state index in [9.17, 15) is 24.0 Å². The second-order valence-corrected chi connectivity index (χ2v) is 10.6. The molecule has 1 aliphatic heterocycles. The third-order valence-electron chi connectivity index (χ3n) is 7.98. The number of ether oxygens (including phenoxy) is 2. The quantitative estimate of drug-likeness (QED) is 0.115. The maximum atomic E-state index is 13.4. The molecule has 3 unspecified atom stereocenters. The van der Waals surface area contributed by atoms with Crippen molar-refractivity contribution in [3.05, 3.63) is 120 Å². The lowest BCUT2D eigenvalue weighted by Crippen LogP contribution is -2.31. The number of furan rings is 1. The third kappa shape index (κ3) is 5.74. The van der Waals surface area contributed by atoms with Gasteiger partial charge >= 0.3 is 11.9 Å². The van der Waals surface area contributed by atoms with Gasteiger partial charge in [-0.2, -0.15) is 0 Å². The van der Waals surface area contributed by atoms with E-state index in [0.717, 1.165) is 6.42 Å². The molecule has 3 atom stereocenters. The van der Waals surface area contributed by atoms with Gasteiger partial charge in [-0.25, -0.2) is 9.59 Å². The maximum absolute atomic E-state index is 13.4. The fourth-order valence-corrected chi connectivity index (χ4v) is 5.79. The monoisotopic (exact) mass is 577 g/mol. The summed E-state index contributed by atoms with van der Waals surface area (Å²) in [7, 11) is 0. The van der Waals surface area contributed by atoms with Crippen LogP contribution >= 0.6 is 0 Å². The number of nitrogens with zero attached hydrogens (tertiary/aromatic N) is 1. The van der Waals surface area contributed by atoms with Gasteiger partial charge in [-0.3, -0.25) is 19.3 Å². The summed E-state index contributed by atoms with van der Waals surface area (Å²) in [5.41, 5.74) is 1.84. The van der Waals surface area contributed by atoms with Crippen LogP contribution in [0.15, 0.2) is 102 Å². The van der Waals surface area contributed by atoms with Gasteiger partial charge in [0.25, 0.3) is 0 Å². The molecule has 2 aliphatic rings. The largest absolute Gasteiger partial charge is 0.457 e. The van der Waals surface area contributed by atoms with Crippen molar-refractivity contribution in [1.82, 2.24) is 0 Å². The van der Waals surface area contributed by atoms with Gasteiger partial charge < -0.3 is 13.9 Å². The highest BCUT2D eigenvalue weighted by atomic mass is 16.5. The highest BCUT2D eigenvalue weighted by Crippen LogP contribution is 2.45. The van der Waals surface area contributed by atoms with E-state index in [1.165, 1.54) is 59.2 Å².